The van der Waals surface area contributed by atoms with Crippen LogP contribution in [0.3, 0.4) is 0 Å². The van der Waals surface area contributed by atoms with E-state index < -0.39 is 11.5 Å². The van der Waals surface area contributed by atoms with E-state index in [1.54, 1.807) is 23.1 Å². The van der Waals surface area contributed by atoms with E-state index in [4.69, 9.17) is 4.74 Å². The Kier molecular flexibility index (Phi) is 5.06. The molecule has 3 aromatic carbocycles. The van der Waals surface area contributed by atoms with Crippen molar-refractivity contribution in [3.05, 3.63) is 77.9 Å². The molecule has 1 atom stereocenters. The standard InChI is InChI=1S/C25H24N2O4/c28-23(20-9-5-7-18-6-1-2-8-19(18)20)16-25(30)21-10-3-4-11-22(21)27(24(25)29)17-26-12-14-31-15-13-26/h1-11,30H,12-17H2/t25-/m0/s1. The lowest BCUT2D eigenvalue weighted by Crippen LogP contribution is -2.49. The maximum Gasteiger partial charge on any atom is 0.265 e. The van der Waals surface area contributed by atoms with Gasteiger partial charge in [0.1, 0.15) is 0 Å². The summed E-state index contributed by atoms with van der Waals surface area (Å²) in [5, 5.41) is 13.3. The van der Waals surface area contributed by atoms with Gasteiger partial charge in [-0.15, -0.1) is 0 Å². The number of hydrogen-bond acceptors (Lipinski definition) is 5. The zero-order chi connectivity index (χ0) is 21.4. The molecule has 0 bridgehead atoms. The zero-order valence-corrected chi connectivity index (χ0v) is 17.2. The largest absolute Gasteiger partial charge is 0.379 e. The first kappa shape index (κ1) is 19.9. The average Bonchev–Trinajstić information content (AvgIpc) is 3.01. The second-order valence-corrected chi connectivity index (χ2v) is 8.11. The fraction of sp³-hybridized carbons (Fsp3) is 0.280. The fourth-order valence-corrected chi connectivity index (χ4v) is 4.56. The molecule has 1 saturated heterocycles. The molecular weight excluding hydrogens is 392 g/mol. The Balaban J connectivity index is 1.48. The highest BCUT2D eigenvalue weighted by Crippen LogP contribution is 2.43. The average molecular weight is 416 g/mol. The fourth-order valence-electron chi connectivity index (χ4n) is 4.56. The van der Waals surface area contributed by atoms with Gasteiger partial charge in [-0.05, 0) is 16.8 Å². The lowest BCUT2D eigenvalue weighted by molar-refractivity contribution is -0.136. The van der Waals surface area contributed by atoms with Crippen LogP contribution in [0.5, 0.6) is 0 Å². The van der Waals surface area contributed by atoms with Gasteiger partial charge in [0.15, 0.2) is 11.4 Å². The summed E-state index contributed by atoms with van der Waals surface area (Å²) < 4.78 is 5.40. The number of rotatable bonds is 5. The second kappa shape index (κ2) is 7.89. The number of amides is 1. The number of para-hydroxylation sites is 1. The van der Waals surface area contributed by atoms with E-state index in [2.05, 4.69) is 4.90 Å². The van der Waals surface area contributed by atoms with Crippen LogP contribution >= 0.6 is 0 Å². The van der Waals surface area contributed by atoms with Gasteiger partial charge in [0, 0.05) is 24.2 Å². The van der Waals surface area contributed by atoms with Gasteiger partial charge < -0.3 is 9.84 Å². The molecule has 3 aromatic rings. The minimum absolute atomic E-state index is 0.254. The van der Waals surface area contributed by atoms with Crippen LogP contribution in [0, 0.1) is 0 Å². The molecule has 0 spiro atoms. The van der Waals surface area contributed by atoms with Gasteiger partial charge in [0.2, 0.25) is 0 Å². The van der Waals surface area contributed by atoms with Gasteiger partial charge in [0.25, 0.3) is 5.91 Å². The highest BCUT2D eigenvalue weighted by molar-refractivity contribution is 6.13. The first-order chi connectivity index (χ1) is 15.1. The van der Waals surface area contributed by atoms with Crippen LogP contribution < -0.4 is 4.90 Å². The number of fused-ring (bicyclic) bond motifs is 2. The Morgan fingerprint density at radius 1 is 0.968 bits per heavy atom. The van der Waals surface area contributed by atoms with Crippen molar-refractivity contribution in [2.45, 2.75) is 12.0 Å². The van der Waals surface area contributed by atoms with E-state index in [1.807, 2.05) is 48.5 Å². The van der Waals surface area contributed by atoms with E-state index in [9.17, 15) is 14.7 Å². The van der Waals surface area contributed by atoms with Crippen molar-refractivity contribution >= 4 is 28.2 Å². The molecule has 6 nitrogen and oxygen atoms in total. The number of morpholine rings is 1. The van der Waals surface area contributed by atoms with Gasteiger partial charge in [-0.25, -0.2) is 0 Å². The minimum atomic E-state index is -1.88. The summed E-state index contributed by atoms with van der Waals surface area (Å²) in [6.45, 7) is 3.05. The Labute approximate surface area is 180 Å². The number of Topliss-reactive ketones (excluding diaryl/α,β-unsaturated/α-hetero) is 1. The molecule has 158 valence electrons. The Morgan fingerprint density at radius 3 is 2.52 bits per heavy atom. The topological polar surface area (TPSA) is 70.1 Å². The molecule has 31 heavy (non-hydrogen) atoms. The van der Waals surface area contributed by atoms with E-state index in [0.717, 1.165) is 23.9 Å². The highest BCUT2D eigenvalue weighted by atomic mass is 16.5. The third kappa shape index (κ3) is 3.43. The first-order valence-corrected chi connectivity index (χ1v) is 10.5. The second-order valence-electron chi connectivity index (χ2n) is 8.11. The van der Waals surface area contributed by atoms with Crippen molar-refractivity contribution in [2.75, 3.05) is 37.9 Å². The molecule has 0 unspecified atom stereocenters. The Bertz CT molecular complexity index is 1150. The summed E-state index contributed by atoms with van der Waals surface area (Å²) in [5.41, 5.74) is -0.214. The highest BCUT2D eigenvalue weighted by Gasteiger charge is 2.51. The lowest BCUT2D eigenvalue weighted by atomic mass is 9.87. The van der Waals surface area contributed by atoms with Crippen LogP contribution in [-0.2, 0) is 15.1 Å². The van der Waals surface area contributed by atoms with Gasteiger partial charge in [0.05, 0.1) is 32.0 Å². The van der Waals surface area contributed by atoms with Gasteiger partial charge in [-0.1, -0.05) is 60.7 Å². The van der Waals surface area contributed by atoms with Crippen LogP contribution in [0.15, 0.2) is 66.7 Å². The van der Waals surface area contributed by atoms with E-state index in [1.165, 1.54) is 0 Å². The normalized spacial score (nSPS) is 21.5. The maximum atomic E-state index is 13.5. The SMILES string of the molecule is O=C(C[C@@]1(O)C(=O)N(CN2CCOCC2)c2ccccc21)c1cccc2ccccc12. The van der Waals surface area contributed by atoms with Crippen LogP contribution in [0.1, 0.15) is 22.3 Å². The summed E-state index contributed by atoms with van der Waals surface area (Å²) in [6.07, 6.45) is -0.295. The lowest BCUT2D eigenvalue weighted by Gasteiger charge is -2.31. The molecule has 0 saturated carbocycles. The predicted octanol–water partition coefficient (Wildman–Crippen LogP) is 2.94. The molecule has 2 heterocycles. The van der Waals surface area contributed by atoms with Gasteiger partial charge in [-0.2, -0.15) is 0 Å². The van der Waals surface area contributed by atoms with Crippen molar-refractivity contribution in [2.24, 2.45) is 0 Å². The molecule has 5 rings (SSSR count). The quantitative estimate of drug-likeness (QED) is 0.648. The number of anilines is 1. The van der Waals surface area contributed by atoms with E-state index in [0.29, 0.717) is 36.7 Å². The molecule has 6 heteroatoms. The van der Waals surface area contributed by atoms with Crippen molar-refractivity contribution < 1.29 is 19.4 Å². The molecule has 0 aliphatic carbocycles. The maximum absolute atomic E-state index is 13.5. The summed E-state index contributed by atoms with van der Waals surface area (Å²) in [7, 11) is 0. The number of carbonyl (C=O) groups is 2. The number of ether oxygens (including phenoxy) is 1. The van der Waals surface area contributed by atoms with E-state index >= 15 is 0 Å². The number of benzene rings is 3. The summed E-state index contributed by atoms with van der Waals surface area (Å²) >= 11 is 0. The molecule has 2 aliphatic rings. The van der Waals surface area contributed by atoms with Crippen LogP contribution in [0.2, 0.25) is 0 Å². The summed E-state index contributed by atoms with van der Waals surface area (Å²) in [5.74, 6) is -0.704. The van der Waals surface area contributed by atoms with E-state index in [-0.39, 0.29) is 12.2 Å². The Hall–Kier alpha value is -3.06. The Morgan fingerprint density at radius 2 is 1.68 bits per heavy atom. The molecular formula is C25H24N2O4. The molecule has 1 fully saturated rings. The van der Waals surface area contributed by atoms with Crippen molar-refractivity contribution in [3.8, 4) is 0 Å². The summed E-state index contributed by atoms with van der Waals surface area (Å²) in [4.78, 5) is 30.5. The van der Waals surface area contributed by atoms with Crippen molar-refractivity contribution in [3.63, 3.8) is 0 Å². The summed E-state index contributed by atoms with van der Waals surface area (Å²) in [6, 6.07) is 20.4. The molecule has 0 aromatic heterocycles. The van der Waals surface area contributed by atoms with Crippen LogP contribution in [0.25, 0.3) is 10.8 Å². The smallest absolute Gasteiger partial charge is 0.265 e. The third-order valence-electron chi connectivity index (χ3n) is 6.19. The number of aliphatic hydroxyl groups is 1. The molecule has 2 aliphatic heterocycles. The van der Waals surface area contributed by atoms with Crippen LogP contribution in [0.4, 0.5) is 5.69 Å². The van der Waals surface area contributed by atoms with Crippen molar-refractivity contribution in [1.82, 2.24) is 4.90 Å². The predicted molar refractivity (Wildman–Crippen MR) is 118 cm³/mol. The number of nitrogens with zero attached hydrogens (tertiary/aromatic N) is 2. The molecule has 0 radical (unpaired) electrons. The van der Waals surface area contributed by atoms with Crippen LogP contribution in [-0.4, -0.2) is 54.7 Å². The third-order valence-corrected chi connectivity index (χ3v) is 6.19. The number of carbonyl (C=O) groups excluding carboxylic acids is 2. The van der Waals surface area contributed by atoms with Gasteiger partial charge in [-0.3, -0.25) is 19.4 Å². The monoisotopic (exact) mass is 416 g/mol. The van der Waals surface area contributed by atoms with Gasteiger partial charge >= 0.3 is 0 Å². The zero-order valence-electron chi connectivity index (χ0n) is 17.2. The molecule has 1 amide bonds. The number of ketones is 1. The first-order valence-electron chi connectivity index (χ1n) is 10.5. The minimum Gasteiger partial charge on any atom is -0.379 e. The van der Waals surface area contributed by atoms with Crippen molar-refractivity contribution in [1.29, 1.82) is 0 Å². The number of hydrogen-bond donors (Lipinski definition) is 1. The molecule has 1 N–H and O–H groups in total.